The molecule has 130 valence electrons. The molecule has 1 aliphatic heterocycles. The van der Waals surface area contributed by atoms with Gasteiger partial charge in [-0.05, 0) is 36.8 Å². The molecule has 4 nitrogen and oxygen atoms in total. The van der Waals surface area contributed by atoms with Gasteiger partial charge in [0, 0.05) is 41.5 Å². The normalized spacial score (nSPS) is 13.8. The smallest absolute Gasteiger partial charge is 0.246 e. The number of carbonyl (C=O) groups excluding carboxylic acids is 1. The van der Waals surface area contributed by atoms with Crippen molar-refractivity contribution in [3.63, 3.8) is 0 Å². The van der Waals surface area contributed by atoms with E-state index in [1.807, 2.05) is 76.5 Å². The van der Waals surface area contributed by atoms with Gasteiger partial charge in [-0.15, -0.1) is 0 Å². The molecule has 2 heterocycles. The van der Waals surface area contributed by atoms with Gasteiger partial charge in [0.1, 0.15) is 0 Å². The van der Waals surface area contributed by atoms with Crippen LogP contribution in [0.25, 0.3) is 23.0 Å². The van der Waals surface area contributed by atoms with E-state index in [9.17, 15) is 4.79 Å². The summed E-state index contributed by atoms with van der Waals surface area (Å²) in [5, 5.41) is 5.42. The van der Waals surface area contributed by atoms with E-state index < -0.39 is 0 Å². The fourth-order valence-corrected chi connectivity index (χ4v) is 2.98. The lowest BCUT2D eigenvalue weighted by Gasteiger charge is -2.29. The van der Waals surface area contributed by atoms with Crippen molar-refractivity contribution in [2.24, 2.45) is 0 Å². The summed E-state index contributed by atoms with van der Waals surface area (Å²) in [6.45, 7) is 1.69. The number of carbonyl (C=O) groups is 1. The molecule has 0 aliphatic carbocycles. The Morgan fingerprint density at radius 3 is 2.42 bits per heavy atom. The third kappa shape index (κ3) is 3.41. The first kappa shape index (κ1) is 16.6. The minimum atomic E-state index is 0.0470. The number of halogens is 1. The van der Waals surface area contributed by atoms with E-state index in [4.69, 9.17) is 16.7 Å². The van der Waals surface area contributed by atoms with Crippen molar-refractivity contribution in [1.82, 2.24) is 14.7 Å². The number of amides is 1. The van der Waals surface area contributed by atoms with Crippen LogP contribution in [-0.4, -0.2) is 33.7 Å². The Morgan fingerprint density at radius 1 is 1.04 bits per heavy atom. The standard InChI is InChI=1S/C21H18ClN3O/c22-18-10-7-16(8-11-18)21-17(9-12-20(26)24-13-4-14-24)15-25(23-21)19-5-2-1-3-6-19/h1-3,5-12,15H,4,13-14H2. The predicted octanol–water partition coefficient (Wildman–Crippen LogP) is 4.44. The summed E-state index contributed by atoms with van der Waals surface area (Å²) >= 11 is 6.01. The Kier molecular flexibility index (Phi) is 4.59. The van der Waals surface area contributed by atoms with Crippen molar-refractivity contribution in [2.45, 2.75) is 6.42 Å². The van der Waals surface area contributed by atoms with Gasteiger partial charge in [0.05, 0.1) is 11.4 Å². The highest BCUT2D eigenvalue weighted by atomic mass is 35.5. The molecule has 3 aromatic rings. The van der Waals surface area contributed by atoms with E-state index in [1.54, 1.807) is 6.08 Å². The van der Waals surface area contributed by atoms with E-state index in [2.05, 4.69) is 0 Å². The van der Waals surface area contributed by atoms with Gasteiger partial charge >= 0.3 is 0 Å². The molecule has 0 spiro atoms. The summed E-state index contributed by atoms with van der Waals surface area (Å²) in [5.74, 6) is 0.0470. The first-order chi connectivity index (χ1) is 12.7. The molecular weight excluding hydrogens is 346 g/mol. The highest BCUT2D eigenvalue weighted by Crippen LogP contribution is 2.26. The summed E-state index contributed by atoms with van der Waals surface area (Å²) in [4.78, 5) is 14.0. The minimum absolute atomic E-state index is 0.0470. The zero-order valence-electron chi connectivity index (χ0n) is 14.2. The van der Waals surface area contributed by atoms with Gasteiger partial charge in [-0.25, -0.2) is 4.68 Å². The van der Waals surface area contributed by atoms with Crippen LogP contribution in [0, 0.1) is 0 Å². The van der Waals surface area contributed by atoms with Gasteiger partial charge in [-0.2, -0.15) is 5.10 Å². The second-order valence-corrected chi connectivity index (χ2v) is 6.67. The molecule has 1 saturated heterocycles. The number of hydrogen-bond acceptors (Lipinski definition) is 2. The fourth-order valence-electron chi connectivity index (χ4n) is 2.86. The number of para-hydroxylation sites is 1. The molecule has 1 aliphatic rings. The van der Waals surface area contributed by atoms with E-state index in [1.165, 1.54) is 0 Å². The zero-order valence-corrected chi connectivity index (χ0v) is 14.9. The van der Waals surface area contributed by atoms with Crippen LogP contribution in [0.4, 0.5) is 0 Å². The second-order valence-electron chi connectivity index (χ2n) is 6.23. The molecule has 0 unspecified atom stereocenters. The number of aromatic nitrogens is 2. The quantitative estimate of drug-likeness (QED) is 0.643. The lowest BCUT2D eigenvalue weighted by atomic mass is 10.1. The van der Waals surface area contributed by atoms with Gasteiger partial charge in [-0.3, -0.25) is 4.79 Å². The van der Waals surface area contributed by atoms with Gasteiger partial charge in [-0.1, -0.05) is 41.9 Å². The highest BCUT2D eigenvalue weighted by Gasteiger charge is 2.18. The van der Waals surface area contributed by atoms with Crippen LogP contribution >= 0.6 is 11.6 Å². The Balaban J connectivity index is 1.72. The number of rotatable bonds is 4. The molecule has 26 heavy (non-hydrogen) atoms. The molecule has 0 radical (unpaired) electrons. The summed E-state index contributed by atoms with van der Waals surface area (Å²) in [6, 6.07) is 17.5. The Morgan fingerprint density at radius 2 is 1.77 bits per heavy atom. The molecule has 0 saturated carbocycles. The minimum Gasteiger partial charge on any atom is -0.339 e. The average Bonchev–Trinajstić information content (AvgIpc) is 3.04. The molecule has 1 amide bonds. The second kappa shape index (κ2) is 7.18. The van der Waals surface area contributed by atoms with Gasteiger partial charge in [0.2, 0.25) is 5.91 Å². The van der Waals surface area contributed by atoms with Crippen molar-refractivity contribution in [3.8, 4) is 16.9 Å². The molecular formula is C21H18ClN3O. The largest absolute Gasteiger partial charge is 0.339 e. The van der Waals surface area contributed by atoms with Gasteiger partial charge < -0.3 is 4.90 Å². The van der Waals surface area contributed by atoms with Crippen LogP contribution in [0.5, 0.6) is 0 Å². The van der Waals surface area contributed by atoms with Crippen molar-refractivity contribution < 1.29 is 4.79 Å². The molecule has 0 atom stereocenters. The SMILES string of the molecule is O=C(C=Cc1cn(-c2ccccc2)nc1-c1ccc(Cl)cc1)N1CCC1. The van der Waals surface area contributed by atoms with E-state index in [0.29, 0.717) is 5.02 Å². The Labute approximate surface area is 157 Å². The molecule has 2 aromatic carbocycles. The number of hydrogen-bond donors (Lipinski definition) is 0. The molecule has 5 heteroatoms. The Bertz CT molecular complexity index is 941. The monoisotopic (exact) mass is 363 g/mol. The van der Waals surface area contributed by atoms with E-state index >= 15 is 0 Å². The topological polar surface area (TPSA) is 38.1 Å². The van der Waals surface area contributed by atoms with Gasteiger partial charge in [0.15, 0.2) is 0 Å². The number of nitrogens with zero attached hydrogens (tertiary/aromatic N) is 3. The first-order valence-corrected chi connectivity index (χ1v) is 8.96. The van der Waals surface area contributed by atoms with E-state index in [0.717, 1.165) is 42.0 Å². The van der Waals surface area contributed by atoms with Crippen molar-refractivity contribution in [1.29, 1.82) is 0 Å². The third-order valence-electron chi connectivity index (χ3n) is 4.45. The predicted molar refractivity (Wildman–Crippen MR) is 104 cm³/mol. The summed E-state index contributed by atoms with van der Waals surface area (Å²) in [7, 11) is 0. The van der Waals surface area contributed by atoms with Crippen molar-refractivity contribution >= 4 is 23.6 Å². The first-order valence-electron chi connectivity index (χ1n) is 8.59. The van der Waals surface area contributed by atoms with Crippen LogP contribution in [0.15, 0.2) is 66.9 Å². The number of benzene rings is 2. The van der Waals surface area contributed by atoms with Crippen molar-refractivity contribution in [2.75, 3.05) is 13.1 Å². The zero-order chi connectivity index (χ0) is 17.9. The molecule has 4 rings (SSSR count). The van der Waals surface area contributed by atoms with Gasteiger partial charge in [0.25, 0.3) is 0 Å². The lowest BCUT2D eigenvalue weighted by molar-refractivity contribution is -0.129. The number of likely N-dealkylation sites (tertiary alicyclic amines) is 1. The summed E-state index contributed by atoms with van der Waals surface area (Å²) in [5.41, 5.74) is 3.64. The van der Waals surface area contributed by atoms with Crippen LogP contribution < -0.4 is 0 Å². The highest BCUT2D eigenvalue weighted by molar-refractivity contribution is 6.30. The average molecular weight is 364 g/mol. The molecule has 1 aromatic heterocycles. The summed E-state index contributed by atoms with van der Waals surface area (Å²) < 4.78 is 1.83. The Hall–Kier alpha value is -2.85. The van der Waals surface area contributed by atoms with Crippen LogP contribution in [0.3, 0.4) is 0 Å². The van der Waals surface area contributed by atoms with Crippen LogP contribution in [0.1, 0.15) is 12.0 Å². The van der Waals surface area contributed by atoms with E-state index in [-0.39, 0.29) is 5.91 Å². The van der Waals surface area contributed by atoms with Crippen molar-refractivity contribution in [3.05, 3.63) is 77.5 Å². The third-order valence-corrected chi connectivity index (χ3v) is 4.71. The molecule has 0 bridgehead atoms. The maximum atomic E-state index is 12.2. The maximum Gasteiger partial charge on any atom is 0.246 e. The van der Waals surface area contributed by atoms with Crippen LogP contribution in [0.2, 0.25) is 5.02 Å². The lowest BCUT2D eigenvalue weighted by Crippen LogP contribution is -2.40. The maximum absolute atomic E-state index is 12.2. The fraction of sp³-hybridized carbons (Fsp3) is 0.143. The molecule has 0 N–H and O–H groups in total. The summed E-state index contributed by atoms with van der Waals surface area (Å²) in [6.07, 6.45) is 6.50. The van der Waals surface area contributed by atoms with Crippen LogP contribution in [-0.2, 0) is 4.79 Å². The molecule has 1 fully saturated rings.